The van der Waals surface area contributed by atoms with Crippen LogP contribution in [-0.4, -0.2) is 15.5 Å². The first-order valence-corrected chi connectivity index (χ1v) is 3.96. The summed E-state index contributed by atoms with van der Waals surface area (Å²) in [7, 11) is 1.80. The van der Waals surface area contributed by atoms with Crippen LogP contribution in [0.15, 0.2) is 24.4 Å². The molecule has 0 aliphatic carbocycles. The van der Waals surface area contributed by atoms with E-state index in [0.717, 1.165) is 0 Å². The van der Waals surface area contributed by atoms with Gasteiger partial charge >= 0.3 is 5.97 Å². The first-order valence-electron chi connectivity index (χ1n) is 3.96. The normalized spacial score (nSPS) is 11.5. The number of esters is 1. The van der Waals surface area contributed by atoms with Gasteiger partial charge in [-0.05, 0) is 19.9 Å². The summed E-state index contributed by atoms with van der Waals surface area (Å²) in [6.07, 6.45) is 4.90. The molecule has 0 radical (unpaired) electrons. The van der Waals surface area contributed by atoms with Gasteiger partial charge in [0.15, 0.2) is 5.69 Å². The molecule has 0 amide bonds. The van der Waals surface area contributed by atoms with Gasteiger partial charge < -0.3 is 9.30 Å². The van der Waals surface area contributed by atoms with E-state index in [1.54, 1.807) is 44.1 Å². The lowest BCUT2D eigenvalue weighted by molar-refractivity contribution is 0.0619. The third kappa shape index (κ3) is 2.43. The van der Waals surface area contributed by atoms with Gasteiger partial charge in [0.05, 0.1) is 6.33 Å². The topological polar surface area (TPSA) is 44.1 Å². The van der Waals surface area contributed by atoms with E-state index < -0.39 is 5.97 Å². The number of nitrogens with zero attached hydrogens (tertiary/aromatic N) is 2. The Morgan fingerprint density at radius 3 is 2.85 bits per heavy atom. The molecule has 0 N–H and O–H groups in total. The predicted octanol–water partition coefficient (Wildman–Crippen LogP) is 1.50. The molecule has 0 aliphatic rings. The fourth-order valence-corrected chi connectivity index (χ4v) is 0.776. The summed E-state index contributed by atoms with van der Waals surface area (Å²) in [5, 5.41) is 0. The van der Waals surface area contributed by atoms with Crippen molar-refractivity contribution in [1.82, 2.24) is 9.55 Å². The minimum absolute atomic E-state index is 0.323. The van der Waals surface area contributed by atoms with Gasteiger partial charge in [-0.1, -0.05) is 0 Å². The van der Waals surface area contributed by atoms with Gasteiger partial charge in [0.25, 0.3) is 0 Å². The molecule has 0 spiro atoms. The number of carbonyl (C=O) groups excluding carboxylic acids is 1. The molecule has 13 heavy (non-hydrogen) atoms. The number of aromatic nitrogens is 2. The molecular formula is C9H12N2O2. The number of hydrogen-bond acceptors (Lipinski definition) is 3. The van der Waals surface area contributed by atoms with Crippen LogP contribution in [0.2, 0.25) is 0 Å². The molecule has 0 aromatic carbocycles. The number of ether oxygens (including phenoxy) is 1. The lowest BCUT2D eigenvalue weighted by Gasteiger charge is -1.99. The van der Waals surface area contributed by atoms with E-state index in [4.69, 9.17) is 4.74 Å². The average Bonchev–Trinajstić information content (AvgIpc) is 2.51. The van der Waals surface area contributed by atoms with Crippen LogP contribution in [0.25, 0.3) is 0 Å². The fraction of sp³-hybridized carbons (Fsp3) is 0.333. The highest BCUT2D eigenvalue weighted by atomic mass is 16.5. The maximum Gasteiger partial charge on any atom is 0.363 e. The lowest BCUT2D eigenvalue weighted by Crippen LogP contribution is -2.03. The number of imidazole rings is 1. The second kappa shape index (κ2) is 3.89. The fourth-order valence-electron chi connectivity index (χ4n) is 0.776. The highest BCUT2D eigenvalue weighted by Crippen LogP contribution is 2.02. The van der Waals surface area contributed by atoms with Crippen LogP contribution >= 0.6 is 0 Å². The van der Waals surface area contributed by atoms with Crippen molar-refractivity contribution in [2.45, 2.75) is 13.8 Å². The van der Waals surface area contributed by atoms with E-state index in [2.05, 4.69) is 4.98 Å². The third-order valence-corrected chi connectivity index (χ3v) is 1.57. The number of allylic oxidation sites excluding steroid dienone is 2. The average molecular weight is 180 g/mol. The molecule has 0 unspecified atom stereocenters. The standard InChI is InChI=1S/C9H12N2O2/c1-4-7(2)13-9(12)8-5-11(3)6-10-8/h4-6H,1-3H3/b7-4+. The zero-order valence-electron chi connectivity index (χ0n) is 7.94. The molecule has 0 atom stereocenters. The summed E-state index contributed by atoms with van der Waals surface area (Å²) < 4.78 is 6.64. The van der Waals surface area contributed by atoms with E-state index in [-0.39, 0.29) is 0 Å². The Balaban J connectivity index is 2.69. The SMILES string of the molecule is C/C=C(\C)OC(=O)c1cn(C)cn1. The first-order chi connectivity index (χ1) is 6.13. The molecule has 1 aromatic rings. The minimum Gasteiger partial charge on any atom is -0.427 e. The smallest absolute Gasteiger partial charge is 0.363 e. The van der Waals surface area contributed by atoms with Gasteiger partial charge in [0.1, 0.15) is 5.76 Å². The van der Waals surface area contributed by atoms with E-state index in [1.165, 1.54) is 0 Å². The Labute approximate surface area is 76.8 Å². The van der Waals surface area contributed by atoms with Crippen molar-refractivity contribution in [3.63, 3.8) is 0 Å². The lowest BCUT2D eigenvalue weighted by atomic mass is 10.4. The molecule has 1 aromatic heterocycles. The number of rotatable bonds is 2. The Morgan fingerprint density at radius 2 is 2.38 bits per heavy atom. The molecule has 4 nitrogen and oxygen atoms in total. The summed E-state index contributed by atoms with van der Waals surface area (Å²) in [5.74, 6) is 0.159. The molecule has 0 saturated carbocycles. The van der Waals surface area contributed by atoms with Crippen molar-refractivity contribution in [3.8, 4) is 0 Å². The van der Waals surface area contributed by atoms with Crippen LogP contribution in [0.5, 0.6) is 0 Å². The second-order valence-corrected chi connectivity index (χ2v) is 2.71. The minimum atomic E-state index is -0.420. The van der Waals surface area contributed by atoms with Crippen LogP contribution in [0.4, 0.5) is 0 Å². The Hall–Kier alpha value is -1.58. The summed E-state index contributed by atoms with van der Waals surface area (Å²) >= 11 is 0. The van der Waals surface area contributed by atoms with Crippen LogP contribution in [0.3, 0.4) is 0 Å². The molecule has 0 aliphatic heterocycles. The molecule has 0 fully saturated rings. The quantitative estimate of drug-likeness (QED) is 0.511. The van der Waals surface area contributed by atoms with Gasteiger partial charge in [-0.3, -0.25) is 0 Å². The molecule has 1 rings (SSSR count). The third-order valence-electron chi connectivity index (χ3n) is 1.57. The highest BCUT2D eigenvalue weighted by Gasteiger charge is 2.09. The predicted molar refractivity (Wildman–Crippen MR) is 48.1 cm³/mol. The maximum atomic E-state index is 11.3. The molecule has 1 heterocycles. The molecule has 0 bridgehead atoms. The van der Waals surface area contributed by atoms with Gasteiger partial charge in [0.2, 0.25) is 0 Å². The maximum absolute atomic E-state index is 11.3. The van der Waals surface area contributed by atoms with Crippen LogP contribution in [-0.2, 0) is 11.8 Å². The van der Waals surface area contributed by atoms with Crippen molar-refractivity contribution in [2.75, 3.05) is 0 Å². The number of hydrogen-bond donors (Lipinski definition) is 0. The van der Waals surface area contributed by atoms with Crippen molar-refractivity contribution in [1.29, 1.82) is 0 Å². The van der Waals surface area contributed by atoms with Gasteiger partial charge in [-0.25, -0.2) is 9.78 Å². The van der Waals surface area contributed by atoms with E-state index in [9.17, 15) is 4.79 Å². The van der Waals surface area contributed by atoms with Crippen LogP contribution in [0.1, 0.15) is 24.3 Å². The molecule has 4 heteroatoms. The van der Waals surface area contributed by atoms with Gasteiger partial charge in [-0.2, -0.15) is 0 Å². The molecule has 70 valence electrons. The molecule has 0 saturated heterocycles. The van der Waals surface area contributed by atoms with Crippen LogP contribution < -0.4 is 0 Å². The summed E-state index contributed by atoms with van der Waals surface area (Å²) in [6, 6.07) is 0. The van der Waals surface area contributed by atoms with E-state index >= 15 is 0 Å². The summed E-state index contributed by atoms with van der Waals surface area (Å²) in [6.45, 7) is 3.53. The van der Waals surface area contributed by atoms with Gasteiger partial charge in [-0.15, -0.1) is 0 Å². The van der Waals surface area contributed by atoms with Crippen molar-refractivity contribution >= 4 is 5.97 Å². The zero-order chi connectivity index (χ0) is 9.84. The van der Waals surface area contributed by atoms with Crippen molar-refractivity contribution in [2.24, 2.45) is 7.05 Å². The Kier molecular flexibility index (Phi) is 2.84. The van der Waals surface area contributed by atoms with E-state index in [0.29, 0.717) is 11.5 Å². The first kappa shape index (κ1) is 9.51. The monoisotopic (exact) mass is 180 g/mol. The molecular weight excluding hydrogens is 168 g/mol. The van der Waals surface area contributed by atoms with Crippen molar-refractivity contribution < 1.29 is 9.53 Å². The zero-order valence-corrected chi connectivity index (χ0v) is 7.94. The van der Waals surface area contributed by atoms with E-state index in [1.807, 2.05) is 0 Å². The van der Waals surface area contributed by atoms with Crippen LogP contribution in [0, 0.1) is 0 Å². The largest absolute Gasteiger partial charge is 0.427 e. The Morgan fingerprint density at radius 1 is 1.69 bits per heavy atom. The summed E-state index contributed by atoms with van der Waals surface area (Å²) in [4.78, 5) is 15.2. The van der Waals surface area contributed by atoms with Gasteiger partial charge in [0, 0.05) is 13.2 Å². The highest BCUT2D eigenvalue weighted by molar-refractivity contribution is 5.87. The number of carbonyl (C=O) groups is 1. The Bertz CT molecular complexity index is 339. The summed E-state index contributed by atoms with van der Waals surface area (Å²) in [5.41, 5.74) is 0.323. The second-order valence-electron chi connectivity index (χ2n) is 2.71. The number of aryl methyl sites for hydroxylation is 1. The van der Waals surface area contributed by atoms with Crippen molar-refractivity contribution in [3.05, 3.63) is 30.1 Å².